The minimum Gasteiger partial charge on any atom is -0.481 e. The topological polar surface area (TPSA) is 86.3 Å². The minimum atomic E-state index is -0.776. The standard InChI is InChI=1S/C18H23N3O3/c1-11-3-4-15-16(7-11)20-17(19-15)8-14-10-21(12(2)22)6-5-13(14)9-18(23)24/h3-4,7,13-14H,5-6,8-10H2,1-2H3,(H,19,20)(H,23,24). The van der Waals surface area contributed by atoms with Gasteiger partial charge in [0.1, 0.15) is 5.82 Å². The maximum atomic E-state index is 11.7. The SMILES string of the molecule is CC(=O)N1CCC(CC(=O)O)C(Cc2nc3ccc(C)cc3[nH]2)C1. The van der Waals surface area contributed by atoms with Gasteiger partial charge in [-0.15, -0.1) is 0 Å². The van der Waals surface area contributed by atoms with Crippen molar-refractivity contribution in [2.75, 3.05) is 13.1 Å². The third kappa shape index (κ3) is 3.58. The summed E-state index contributed by atoms with van der Waals surface area (Å²) in [6.07, 6.45) is 1.54. The van der Waals surface area contributed by atoms with Crippen LogP contribution in [-0.2, 0) is 16.0 Å². The maximum absolute atomic E-state index is 11.7. The Morgan fingerprint density at radius 1 is 1.38 bits per heavy atom. The van der Waals surface area contributed by atoms with Crippen LogP contribution >= 0.6 is 0 Å². The molecule has 128 valence electrons. The van der Waals surface area contributed by atoms with E-state index in [1.807, 2.05) is 24.0 Å². The van der Waals surface area contributed by atoms with Gasteiger partial charge in [0.05, 0.1) is 11.0 Å². The summed E-state index contributed by atoms with van der Waals surface area (Å²) in [6.45, 7) is 4.85. The molecule has 2 heterocycles. The first-order chi connectivity index (χ1) is 11.4. The van der Waals surface area contributed by atoms with Crippen LogP contribution in [0.2, 0.25) is 0 Å². The van der Waals surface area contributed by atoms with Crippen LogP contribution in [-0.4, -0.2) is 44.9 Å². The predicted molar refractivity (Wildman–Crippen MR) is 90.6 cm³/mol. The summed E-state index contributed by atoms with van der Waals surface area (Å²) in [7, 11) is 0. The number of likely N-dealkylation sites (tertiary alicyclic amines) is 1. The lowest BCUT2D eigenvalue weighted by atomic mass is 9.81. The Labute approximate surface area is 140 Å². The van der Waals surface area contributed by atoms with Gasteiger partial charge in [0.25, 0.3) is 0 Å². The number of nitrogens with one attached hydrogen (secondary N) is 1. The molecule has 1 aromatic heterocycles. The lowest BCUT2D eigenvalue weighted by molar-refractivity contribution is -0.139. The number of H-pyrrole nitrogens is 1. The Hall–Kier alpha value is -2.37. The highest BCUT2D eigenvalue weighted by Gasteiger charge is 2.32. The number of aromatic amines is 1. The number of aryl methyl sites for hydroxylation is 1. The number of carbonyl (C=O) groups is 2. The number of nitrogens with zero attached hydrogens (tertiary/aromatic N) is 2. The molecule has 1 saturated heterocycles. The highest BCUT2D eigenvalue weighted by molar-refractivity contribution is 5.76. The Balaban J connectivity index is 1.81. The van der Waals surface area contributed by atoms with Gasteiger partial charge < -0.3 is 15.0 Å². The first-order valence-electron chi connectivity index (χ1n) is 8.35. The average Bonchev–Trinajstić information content (AvgIpc) is 2.89. The number of carboxylic acids is 1. The molecule has 0 bridgehead atoms. The number of piperidine rings is 1. The number of rotatable bonds is 4. The van der Waals surface area contributed by atoms with Crippen LogP contribution in [0.1, 0.15) is 31.2 Å². The predicted octanol–water partition coefficient (Wildman–Crippen LogP) is 2.37. The highest BCUT2D eigenvalue weighted by Crippen LogP contribution is 2.29. The van der Waals surface area contributed by atoms with Crippen LogP contribution in [0.25, 0.3) is 11.0 Å². The maximum Gasteiger partial charge on any atom is 0.303 e. The zero-order valence-electron chi connectivity index (χ0n) is 14.1. The lowest BCUT2D eigenvalue weighted by Gasteiger charge is -2.37. The molecular weight excluding hydrogens is 306 g/mol. The van der Waals surface area contributed by atoms with Crippen molar-refractivity contribution in [2.24, 2.45) is 11.8 Å². The molecule has 6 heteroatoms. The summed E-state index contributed by atoms with van der Waals surface area (Å²) in [6, 6.07) is 6.07. The quantitative estimate of drug-likeness (QED) is 0.901. The van der Waals surface area contributed by atoms with Crippen molar-refractivity contribution >= 4 is 22.9 Å². The first-order valence-corrected chi connectivity index (χ1v) is 8.35. The first kappa shape index (κ1) is 16.5. The van der Waals surface area contributed by atoms with E-state index in [-0.39, 0.29) is 24.2 Å². The summed E-state index contributed by atoms with van der Waals surface area (Å²) in [5.74, 6) is 0.324. The number of hydrogen-bond donors (Lipinski definition) is 2. The van der Waals surface area contributed by atoms with E-state index in [0.717, 1.165) is 23.3 Å². The zero-order chi connectivity index (χ0) is 17.3. The van der Waals surface area contributed by atoms with Crippen LogP contribution in [0.4, 0.5) is 0 Å². The molecule has 1 aliphatic rings. The summed E-state index contributed by atoms with van der Waals surface area (Å²) >= 11 is 0. The van der Waals surface area contributed by atoms with E-state index in [0.29, 0.717) is 19.5 Å². The van der Waals surface area contributed by atoms with Crippen LogP contribution in [0.15, 0.2) is 18.2 Å². The fourth-order valence-electron chi connectivity index (χ4n) is 3.61. The molecule has 0 saturated carbocycles. The number of aromatic nitrogens is 2. The molecule has 24 heavy (non-hydrogen) atoms. The van der Waals surface area contributed by atoms with Crippen LogP contribution in [0.5, 0.6) is 0 Å². The Bertz CT molecular complexity index is 768. The number of aliphatic carboxylic acids is 1. The zero-order valence-corrected chi connectivity index (χ0v) is 14.1. The number of carbonyl (C=O) groups excluding carboxylic acids is 1. The van der Waals surface area contributed by atoms with E-state index in [1.165, 1.54) is 5.56 Å². The summed E-state index contributed by atoms with van der Waals surface area (Å²) in [4.78, 5) is 32.6. The molecule has 2 unspecified atom stereocenters. The van der Waals surface area contributed by atoms with Gasteiger partial charge in [0, 0.05) is 32.9 Å². The summed E-state index contributed by atoms with van der Waals surface area (Å²) in [5, 5.41) is 9.17. The van der Waals surface area contributed by atoms with Crippen molar-refractivity contribution in [3.05, 3.63) is 29.6 Å². The van der Waals surface area contributed by atoms with E-state index in [1.54, 1.807) is 6.92 Å². The molecule has 3 rings (SSSR count). The van der Waals surface area contributed by atoms with E-state index in [9.17, 15) is 9.59 Å². The van der Waals surface area contributed by atoms with E-state index >= 15 is 0 Å². The Kier molecular flexibility index (Phi) is 4.55. The molecule has 0 spiro atoms. The second-order valence-electron chi connectivity index (χ2n) is 6.78. The molecule has 0 aliphatic carbocycles. The van der Waals surface area contributed by atoms with Crippen molar-refractivity contribution in [3.8, 4) is 0 Å². The molecule has 2 aromatic rings. The fraction of sp³-hybridized carbons (Fsp3) is 0.500. The van der Waals surface area contributed by atoms with Crippen molar-refractivity contribution in [2.45, 2.75) is 33.1 Å². The van der Waals surface area contributed by atoms with E-state index < -0.39 is 5.97 Å². The summed E-state index contributed by atoms with van der Waals surface area (Å²) < 4.78 is 0. The molecule has 0 radical (unpaired) electrons. The molecule has 2 atom stereocenters. The Morgan fingerprint density at radius 3 is 2.88 bits per heavy atom. The number of fused-ring (bicyclic) bond motifs is 1. The molecule has 1 amide bonds. The van der Waals surface area contributed by atoms with Gasteiger partial charge in [-0.3, -0.25) is 9.59 Å². The highest BCUT2D eigenvalue weighted by atomic mass is 16.4. The molecule has 1 aliphatic heterocycles. The number of amides is 1. The molecule has 2 N–H and O–H groups in total. The second-order valence-corrected chi connectivity index (χ2v) is 6.78. The van der Waals surface area contributed by atoms with Gasteiger partial charge in [0.2, 0.25) is 5.91 Å². The van der Waals surface area contributed by atoms with Gasteiger partial charge in [-0.1, -0.05) is 6.07 Å². The van der Waals surface area contributed by atoms with Crippen molar-refractivity contribution in [1.29, 1.82) is 0 Å². The number of carboxylic acid groups (broad SMARTS) is 1. The van der Waals surface area contributed by atoms with Crippen LogP contribution in [0.3, 0.4) is 0 Å². The number of imidazole rings is 1. The molecular formula is C18H23N3O3. The van der Waals surface area contributed by atoms with Gasteiger partial charge in [-0.05, 0) is 42.9 Å². The van der Waals surface area contributed by atoms with Crippen molar-refractivity contribution in [3.63, 3.8) is 0 Å². The molecule has 6 nitrogen and oxygen atoms in total. The third-order valence-corrected chi connectivity index (χ3v) is 4.92. The molecule has 1 fully saturated rings. The average molecular weight is 329 g/mol. The van der Waals surface area contributed by atoms with Gasteiger partial charge >= 0.3 is 5.97 Å². The van der Waals surface area contributed by atoms with Gasteiger partial charge in [-0.25, -0.2) is 4.98 Å². The van der Waals surface area contributed by atoms with Crippen LogP contribution in [0, 0.1) is 18.8 Å². The minimum absolute atomic E-state index is 0.0500. The van der Waals surface area contributed by atoms with Gasteiger partial charge in [0.15, 0.2) is 0 Å². The fourth-order valence-corrected chi connectivity index (χ4v) is 3.61. The third-order valence-electron chi connectivity index (χ3n) is 4.92. The second kappa shape index (κ2) is 6.63. The number of benzene rings is 1. The van der Waals surface area contributed by atoms with Crippen LogP contribution < -0.4 is 0 Å². The smallest absolute Gasteiger partial charge is 0.303 e. The molecule has 1 aromatic carbocycles. The monoisotopic (exact) mass is 329 g/mol. The lowest BCUT2D eigenvalue weighted by Crippen LogP contribution is -2.44. The van der Waals surface area contributed by atoms with Crippen molar-refractivity contribution < 1.29 is 14.7 Å². The van der Waals surface area contributed by atoms with E-state index in [2.05, 4.69) is 16.0 Å². The van der Waals surface area contributed by atoms with Crippen molar-refractivity contribution in [1.82, 2.24) is 14.9 Å². The van der Waals surface area contributed by atoms with Gasteiger partial charge in [-0.2, -0.15) is 0 Å². The summed E-state index contributed by atoms with van der Waals surface area (Å²) in [5.41, 5.74) is 3.09. The van der Waals surface area contributed by atoms with E-state index in [4.69, 9.17) is 5.11 Å². The normalized spacial score (nSPS) is 21.2. The Morgan fingerprint density at radius 2 is 2.17 bits per heavy atom. The number of hydrogen-bond acceptors (Lipinski definition) is 3. The largest absolute Gasteiger partial charge is 0.481 e.